The Balaban J connectivity index is 1.43. The number of carbonyl (C=O) groups is 1. The molecule has 6 nitrogen and oxygen atoms in total. The fourth-order valence-corrected chi connectivity index (χ4v) is 3.64. The number of hydrogen-bond acceptors (Lipinski definition) is 4. The Morgan fingerprint density at radius 2 is 2.00 bits per heavy atom. The van der Waals surface area contributed by atoms with Crippen LogP contribution in [0.5, 0.6) is 0 Å². The summed E-state index contributed by atoms with van der Waals surface area (Å²) in [6.07, 6.45) is 2.28. The SMILES string of the molecule is Cc1ccc(N2CC(c3noc(-c4cccc5[nH]ccc45)n3)CC2=O)cc1. The van der Waals surface area contributed by atoms with Crippen LogP contribution in [0.25, 0.3) is 22.4 Å². The van der Waals surface area contributed by atoms with Gasteiger partial charge in [0.05, 0.1) is 0 Å². The van der Waals surface area contributed by atoms with Crippen molar-refractivity contribution in [1.29, 1.82) is 0 Å². The summed E-state index contributed by atoms with van der Waals surface area (Å²) in [5.74, 6) is 1.08. The van der Waals surface area contributed by atoms with E-state index in [-0.39, 0.29) is 11.8 Å². The Bertz CT molecular complexity index is 1130. The number of aryl methyl sites for hydroxylation is 1. The van der Waals surface area contributed by atoms with Crippen LogP contribution in [0.1, 0.15) is 23.7 Å². The van der Waals surface area contributed by atoms with E-state index >= 15 is 0 Å². The molecule has 2 aromatic carbocycles. The van der Waals surface area contributed by atoms with Gasteiger partial charge >= 0.3 is 0 Å². The largest absolute Gasteiger partial charge is 0.361 e. The Morgan fingerprint density at radius 3 is 2.85 bits per heavy atom. The van der Waals surface area contributed by atoms with E-state index in [9.17, 15) is 4.79 Å². The van der Waals surface area contributed by atoms with Gasteiger partial charge < -0.3 is 14.4 Å². The molecule has 0 radical (unpaired) electrons. The van der Waals surface area contributed by atoms with Crippen molar-refractivity contribution in [3.63, 3.8) is 0 Å². The van der Waals surface area contributed by atoms with Crippen LogP contribution in [-0.4, -0.2) is 27.6 Å². The summed E-state index contributed by atoms with van der Waals surface area (Å²) in [5, 5.41) is 5.21. The summed E-state index contributed by atoms with van der Waals surface area (Å²) >= 11 is 0. The number of anilines is 1. The molecule has 5 rings (SSSR count). The molecule has 6 heteroatoms. The summed E-state index contributed by atoms with van der Waals surface area (Å²) < 4.78 is 5.53. The van der Waals surface area contributed by atoms with Gasteiger partial charge in [-0.3, -0.25) is 4.79 Å². The molecule has 3 heterocycles. The van der Waals surface area contributed by atoms with Gasteiger partial charge in [-0.2, -0.15) is 4.98 Å². The number of hydrogen-bond donors (Lipinski definition) is 1. The van der Waals surface area contributed by atoms with Gasteiger partial charge in [0.1, 0.15) is 0 Å². The molecular weight excluding hydrogens is 340 g/mol. The number of nitrogens with zero attached hydrogens (tertiary/aromatic N) is 3. The predicted molar refractivity (Wildman–Crippen MR) is 102 cm³/mol. The van der Waals surface area contributed by atoms with Crippen molar-refractivity contribution < 1.29 is 9.32 Å². The van der Waals surface area contributed by atoms with E-state index in [2.05, 4.69) is 15.1 Å². The second-order valence-corrected chi connectivity index (χ2v) is 6.94. The van der Waals surface area contributed by atoms with E-state index in [4.69, 9.17) is 4.52 Å². The van der Waals surface area contributed by atoms with Crippen molar-refractivity contribution in [2.45, 2.75) is 19.3 Å². The van der Waals surface area contributed by atoms with Crippen LogP contribution in [0.15, 0.2) is 59.3 Å². The monoisotopic (exact) mass is 358 g/mol. The standard InChI is InChI=1S/C21H18N4O2/c1-13-5-7-15(8-6-13)25-12-14(11-19(25)26)20-23-21(27-24-20)17-3-2-4-18-16(17)9-10-22-18/h2-10,14,22H,11-12H2,1H3. The van der Waals surface area contributed by atoms with Crippen LogP contribution in [0.4, 0.5) is 5.69 Å². The first-order chi connectivity index (χ1) is 13.2. The lowest BCUT2D eigenvalue weighted by Gasteiger charge is -2.16. The molecule has 1 saturated heterocycles. The van der Waals surface area contributed by atoms with Crippen molar-refractivity contribution in [3.8, 4) is 11.5 Å². The maximum Gasteiger partial charge on any atom is 0.258 e. The number of rotatable bonds is 3. The molecule has 0 spiro atoms. The summed E-state index contributed by atoms with van der Waals surface area (Å²) in [5.41, 5.74) is 4.00. The van der Waals surface area contributed by atoms with E-state index in [0.717, 1.165) is 22.2 Å². The van der Waals surface area contributed by atoms with Crippen LogP contribution in [0.2, 0.25) is 0 Å². The number of nitrogens with one attached hydrogen (secondary N) is 1. The minimum atomic E-state index is -0.0678. The van der Waals surface area contributed by atoms with E-state index in [0.29, 0.717) is 24.7 Å². The van der Waals surface area contributed by atoms with Crippen LogP contribution in [0.3, 0.4) is 0 Å². The maximum absolute atomic E-state index is 12.5. The Hall–Kier alpha value is -3.41. The van der Waals surface area contributed by atoms with Crippen molar-refractivity contribution in [2.24, 2.45) is 0 Å². The highest BCUT2D eigenvalue weighted by molar-refractivity contribution is 5.96. The van der Waals surface area contributed by atoms with Gasteiger partial charge in [0, 0.05) is 47.2 Å². The third-order valence-corrected chi connectivity index (χ3v) is 5.10. The fraction of sp³-hybridized carbons (Fsp3) is 0.190. The molecule has 1 unspecified atom stereocenters. The van der Waals surface area contributed by atoms with Crippen LogP contribution < -0.4 is 4.90 Å². The molecule has 2 aromatic heterocycles. The second-order valence-electron chi connectivity index (χ2n) is 6.94. The molecule has 1 amide bonds. The van der Waals surface area contributed by atoms with E-state index < -0.39 is 0 Å². The van der Waals surface area contributed by atoms with Gasteiger partial charge in [-0.05, 0) is 37.3 Å². The minimum absolute atomic E-state index is 0.0678. The van der Waals surface area contributed by atoms with Crippen molar-refractivity contribution >= 4 is 22.5 Å². The predicted octanol–water partition coefficient (Wildman–Crippen LogP) is 4.05. The van der Waals surface area contributed by atoms with Gasteiger partial charge in [-0.15, -0.1) is 0 Å². The lowest BCUT2D eigenvalue weighted by molar-refractivity contribution is -0.117. The van der Waals surface area contributed by atoms with Gasteiger partial charge in [-0.25, -0.2) is 0 Å². The molecule has 1 N–H and O–H groups in total. The Kier molecular flexibility index (Phi) is 3.57. The van der Waals surface area contributed by atoms with Gasteiger partial charge in [0.25, 0.3) is 5.89 Å². The molecule has 27 heavy (non-hydrogen) atoms. The normalized spacial score (nSPS) is 17.1. The molecule has 4 aromatic rings. The van der Waals surface area contributed by atoms with Crippen molar-refractivity contribution in [1.82, 2.24) is 15.1 Å². The molecule has 0 bridgehead atoms. The lowest BCUT2D eigenvalue weighted by atomic mass is 10.1. The van der Waals surface area contributed by atoms with Crippen molar-refractivity contribution in [2.75, 3.05) is 11.4 Å². The highest BCUT2D eigenvalue weighted by Gasteiger charge is 2.34. The van der Waals surface area contributed by atoms with E-state index in [1.165, 1.54) is 5.56 Å². The second kappa shape index (κ2) is 6.09. The smallest absolute Gasteiger partial charge is 0.258 e. The third-order valence-electron chi connectivity index (χ3n) is 5.10. The number of carbonyl (C=O) groups excluding carboxylic acids is 1. The molecule has 134 valence electrons. The van der Waals surface area contributed by atoms with E-state index in [1.807, 2.05) is 61.7 Å². The maximum atomic E-state index is 12.5. The number of H-pyrrole nitrogens is 1. The lowest BCUT2D eigenvalue weighted by Crippen LogP contribution is -2.24. The highest BCUT2D eigenvalue weighted by atomic mass is 16.5. The number of aromatic amines is 1. The summed E-state index contributed by atoms with van der Waals surface area (Å²) in [4.78, 5) is 22.1. The molecule has 0 aliphatic carbocycles. The first kappa shape index (κ1) is 15.8. The molecular formula is C21H18N4O2. The van der Waals surface area contributed by atoms with Crippen LogP contribution in [0, 0.1) is 6.92 Å². The van der Waals surface area contributed by atoms with Crippen molar-refractivity contribution in [3.05, 3.63) is 66.1 Å². The topological polar surface area (TPSA) is 75.0 Å². The zero-order valence-electron chi connectivity index (χ0n) is 14.8. The number of fused-ring (bicyclic) bond motifs is 1. The Labute approximate surface area is 155 Å². The molecule has 1 aliphatic heterocycles. The molecule has 1 atom stereocenters. The average molecular weight is 358 g/mol. The quantitative estimate of drug-likeness (QED) is 0.599. The van der Waals surface area contributed by atoms with Crippen LogP contribution >= 0.6 is 0 Å². The zero-order chi connectivity index (χ0) is 18.4. The number of benzene rings is 2. The third kappa shape index (κ3) is 2.70. The van der Waals surface area contributed by atoms with Gasteiger partial charge in [0.2, 0.25) is 5.91 Å². The van der Waals surface area contributed by atoms with Crippen LogP contribution in [-0.2, 0) is 4.79 Å². The van der Waals surface area contributed by atoms with E-state index in [1.54, 1.807) is 4.90 Å². The first-order valence-corrected chi connectivity index (χ1v) is 8.96. The zero-order valence-corrected chi connectivity index (χ0v) is 14.8. The molecule has 0 saturated carbocycles. The van der Waals surface area contributed by atoms with Gasteiger partial charge in [0.15, 0.2) is 5.82 Å². The molecule has 1 aliphatic rings. The Morgan fingerprint density at radius 1 is 1.15 bits per heavy atom. The molecule has 1 fully saturated rings. The highest BCUT2D eigenvalue weighted by Crippen LogP contribution is 2.33. The summed E-state index contributed by atoms with van der Waals surface area (Å²) in [7, 11) is 0. The van der Waals surface area contributed by atoms with Gasteiger partial charge in [-0.1, -0.05) is 28.9 Å². The number of aromatic nitrogens is 3. The fourth-order valence-electron chi connectivity index (χ4n) is 3.64. The minimum Gasteiger partial charge on any atom is -0.361 e. The first-order valence-electron chi connectivity index (χ1n) is 8.96. The number of amides is 1. The summed E-state index contributed by atoms with van der Waals surface area (Å²) in [6.45, 7) is 2.60. The summed E-state index contributed by atoms with van der Waals surface area (Å²) in [6, 6.07) is 15.9. The average Bonchev–Trinajstić information content (AvgIpc) is 3.41.